The molecule has 4 heteroatoms. The Kier molecular flexibility index (Phi) is 6.67. The summed E-state index contributed by atoms with van der Waals surface area (Å²) in [6.07, 6.45) is 2.62. The molecule has 1 heterocycles. The summed E-state index contributed by atoms with van der Waals surface area (Å²) in [5.41, 5.74) is 2.59. The van der Waals surface area contributed by atoms with E-state index < -0.39 is 0 Å². The van der Waals surface area contributed by atoms with Crippen molar-refractivity contribution in [2.24, 2.45) is 11.3 Å². The first-order valence-corrected chi connectivity index (χ1v) is 9.14. The highest BCUT2D eigenvalue weighted by Gasteiger charge is 2.15. The van der Waals surface area contributed by atoms with Crippen LogP contribution in [0.5, 0.6) is 0 Å². The summed E-state index contributed by atoms with van der Waals surface area (Å²) in [4.78, 5) is 14.3. The minimum Gasteiger partial charge on any atom is -0.338 e. The normalized spacial score (nSPS) is 16.8. The Labute approximate surface area is 147 Å². The van der Waals surface area contributed by atoms with Gasteiger partial charge in [-0.3, -0.25) is 4.90 Å². The molecule has 1 aromatic rings. The van der Waals surface area contributed by atoms with Crippen LogP contribution in [-0.4, -0.2) is 30.6 Å². The third kappa shape index (κ3) is 6.91. The molecule has 0 atom stereocenters. The lowest BCUT2D eigenvalue weighted by Crippen LogP contribution is -2.39. The molecule has 4 nitrogen and oxygen atoms in total. The van der Waals surface area contributed by atoms with Crippen LogP contribution in [0.1, 0.15) is 51.7 Å². The van der Waals surface area contributed by atoms with Gasteiger partial charge in [0.1, 0.15) is 0 Å². The number of hydrogen-bond acceptors (Lipinski definition) is 2. The van der Waals surface area contributed by atoms with E-state index in [2.05, 4.69) is 67.5 Å². The van der Waals surface area contributed by atoms with E-state index in [1.807, 2.05) is 0 Å². The first kappa shape index (κ1) is 18.8. The van der Waals surface area contributed by atoms with E-state index in [0.29, 0.717) is 13.1 Å². The molecule has 0 bridgehead atoms. The summed E-state index contributed by atoms with van der Waals surface area (Å²) < 4.78 is 0. The molecule has 24 heavy (non-hydrogen) atoms. The quantitative estimate of drug-likeness (QED) is 0.863. The Morgan fingerprint density at radius 3 is 2.25 bits per heavy atom. The molecule has 1 aliphatic heterocycles. The minimum absolute atomic E-state index is 0.101. The number of rotatable bonds is 5. The van der Waals surface area contributed by atoms with E-state index >= 15 is 0 Å². The minimum atomic E-state index is -0.101. The number of nitrogens with one attached hydrogen (secondary N) is 2. The third-order valence-corrected chi connectivity index (χ3v) is 4.54. The van der Waals surface area contributed by atoms with Gasteiger partial charge in [0.05, 0.1) is 0 Å². The maximum atomic E-state index is 11.8. The number of piperidine rings is 1. The van der Waals surface area contributed by atoms with Crippen molar-refractivity contribution in [2.45, 2.75) is 53.6 Å². The Morgan fingerprint density at radius 1 is 1.08 bits per heavy atom. The molecule has 0 saturated carbocycles. The van der Waals surface area contributed by atoms with Crippen molar-refractivity contribution in [1.29, 1.82) is 0 Å². The summed E-state index contributed by atoms with van der Waals surface area (Å²) in [6, 6.07) is 8.50. The van der Waals surface area contributed by atoms with E-state index in [4.69, 9.17) is 0 Å². The van der Waals surface area contributed by atoms with Crippen molar-refractivity contribution >= 4 is 6.03 Å². The third-order valence-electron chi connectivity index (χ3n) is 4.54. The lowest BCUT2D eigenvalue weighted by molar-refractivity contribution is 0.185. The van der Waals surface area contributed by atoms with Crippen LogP contribution >= 0.6 is 0 Å². The standard InChI is InChI=1S/C20H33N3O/c1-16-9-11-23(12-10-16)14-18-7-5-17(6-8-18)13-21-19(24)22-15-20(2,3)4/h5-8,16H,9-15H2,1-4H3,(H2,21,22,24). The predicted molar refractivity (Wildman–Crippen MR) is 99.8 cm³/mol. The monoisotopic (exact) mass is 331 g/mol. The summed E-state index contributed by atoms with van der Waals surface area (Å²) in [7, 11) is 0. The molecule has 0 aromatic heterocycles. The van der Waals surface area contributed by atoms with Crippen molar-refractivity contribution in [3.63, 3.8) is 0 Å². The number of likely N-dealkylation sites (tertiary alicyclic amines) is 1. The van der Waals surface area contributed by atoms with Crippen LogP contribution in [0.3, 0.4) is 0 Å². The van der Waals surface area contributed by atoms with Gasteiger partial charge in [0, 0.05) is 19.6 Å². The van der Waals surface area contributed by atoms with Crippen LogP contribution < -0.4 is 10.6 Å². The number of nitrogens with zero attached hydrogens (tertiary/aromatic N) is 1. The van der Waals surface area contributed by atoms with E-state index in [9.17, 15) is 4.79 Å². The Bertz CT molecular complexity index is 511. The van der Waals surface area contributed by atoms with Gasteiger partial charge in [-0.1, -0.05) is 52.0 Å². The van der Waals surface area contributed by atoms with Gasteiger partial charge >= 0.3 is 6.03 Å². The summed E-state index contributed by atoms with van der Waals surface area (Å²) in [5.74, 6) is 0.874. The van der Waals surface area contributed by atoms with Gasteiger partial charge in [0.25, 0.3) is 0 Å². The Hall–Kier alpha value is -1.55. The van der Waals surface area contributed by atoms with Gasteiger partial charge in [0.15, 0.2) is 0 Å². The molecule has 2 N–H and O–H groups in total. The zero-order valence-corrected chi connectivity index (χ0v) is 15.7. The van der Waals surface area contributed by atoms with Crippen LogP contribution in [0.25, 0.3) is 0 Å². The highest BCUT2D eigenvalue weighted by atomic mass is 16.2. The van der Waals surface area contributed by atoms with Gasteiger partial charge in [-0.05, 0) is 48.4 Å². The molecule has 0 radical (unpaired) electrons. The lowest BCUT2D eigenvalue weighted by atomic mass is 9.97. The van der Waals surface area contributed by atoms with Crippen LogP contribution in [0.15, 0.2) is 24.3 Å². The number of carbonyl (C=O) groups excluding carboxylic acids is 1. The van der Waals surface area contributed by atoms with Gasteiger partial charge < -0.3 is 10.6 Å². The van der Waals surface area contributed by atoms with Crippen LogP contribution in [0.4, 0.5) is 4.79 Å². The first-order valence-electron chi connectivity index (χ1n) is 9.14. The van der Waals surface area contributed by atoms with Crippen molar-refractivity contribution in [2.75, 3.05) is 19.6 Å². The maximum absolute atomic E-state index is 11.8. The molecular weight excluding hydrogens is 298 g/mol. The highest BCUT2D eigenvalue weighted by Crippen LogP contribution is 2.18. The van der Waals surface area contributed by atoms with Gasteiger partial charge in [0.2, 0.25) is 0 Å². The van der Waals surface area contributed by atoms with Crippen LogP contribution in [-0.2, 0) is 13.1 Å². The summed E-state index contributed by atoms with van der Waals surface area (Å²) in [6.45, 7) is 13.4. The molecule has 1 aromatic carbocycles. The molecule has 1 aliphatic rings. The molecule has 2 amide bonds. The van der Waals surface area contributed by atoms with Gasteiger partial charge in [-0.15, -0.1) is 0 Å². The average molecular weight is 332 g/mol. The van der Waals surface area contributed by atoms with E-state index in [-0.39, 0.29) is 11.4 Å². The molecule has 0 unspecified atom stereocenters. The van der Waals surface area contributed by atoms with E-state index in [1.54, 1.807) is 0 Å². The molecule has 134 valence electrons. The number of carbonyl (C=O) groups is 1. The number of urea groups is 1. The maximum Gasteiger partial charge on any atom is 0.315 e. The number of benzene rings is 1. The smallest absolute Gasteiger partial charge is 0.315 e. The summed E-state index contributed by atoms with van der Waals surface area (Å²) >= 11 is 0. The van der Waals surface area contributed by atoms with Crippen LogP contribution in [0.2, 0.25) is 0 Å². The van der Waals surface area contributed by atoms with Crippen molar-refractivity contribution in [3.8, 4) is 0 Å². The van der Waals surface area contributed by atoms with E-state index in [0.717, 1.165) is 18.0 Å². The Balaban J connectivity index is 1.72. The zero-order chi connectivity index (χ0) is 17.6. The van der Waals surface area contributed by atoms with Crippen molar-refractivity contribution in [3.05, 3.63) is 35.4 Å². The van der Waals surface area contributed by atoms with E-state index in [1.165, 1.54) is 31.5 Å². The molecule has 2 rings (SSSR count). The van der Waals surface area contributed by atoms with Crippen molar-refractivity contribution < 1.29 is 4.79 Å². The topological polar surface area (TPSA) is 44.4 Å². The molecule has 1 fully saturated rings. The van der Waals surface area contributed by atoms with Gasteiger partial charge in [-0.2, -0.15) is 0 Å². The zero-order valence-electron chi connectivity index (χ0n) is 15.7. The Morgan fingerprint density at radius 2 is 1.67 bits per heavy atom. The largest absolute Gasteiger partial charge is 0.338 e. The fraction of sp³-hybridized carbons (Fsp3) is 0.650. The molecular formula is C20H33N3O. The first-order chi connectivity index (χ1) is 11.3. The SMILES string of the molecule is CC1CCN(Cc2ccc(CNC(=O)NCC(C)(C)C)cc2)CC1. The van der Waals surface area contributed by atoms with Crippen molar-refractivity contribution in [1.82, 2.24) is 15.5 Å². The number of amides is 2. The van der Waals surface area contributed by atoms with Crippen LogP contribution in [0, 0.1) is 11.3 Å². The second kappa shape index (κ2) is 8.52. The fourth-order valence-corrected chi connectivity index (χ4v) is 2.83. The van der Waals surface area contributed by atoms with Gasteiger partial charge in [-0.25, -0.2) is 4.79 Å². The number of hydrogen-bond donors (Lipinski definition) is 2. The lowest BCUT2D eigenvalue weighted by Gasteiger charge is -2.30. The predicted octanol–water partition coefficient (Wildman–Crippen LogP) is 3.76. The summed E-state index contributed by atoms with van der Waals surface area (Å²) in [5, 5.41) is 5.82. The fourth-order valence-electron chi connectivity index (χ4n) is 2.83. The molecule has 0 spiro atoms. The molecule has 0 aliphatic carbocycles. The molecule has 1 saturated heterocycles. The second-order valence-electron chi connectivity index (χ2n) is 8.37. The second-order valence-corrected chi connectivity index (χ2v) is 8.37. The average Bonchev–Trinajstić information content (AvgIpc) is 2.54. The highest BCUT2D eigenvalue weighted by molar-refractivity contribution is 5.73.